The molecule has 0 unspecified atom stereocenters. The number of nitrogens with zero attached hydrogens (tertiary/aromatic N) is 1. The first kappa shape index (κ1) is 12.4. The van der Waals surface area contributed by atoms with Gasteiger partial charge in [-0.2, -0.15) is 0 Å². The van der Waals surface area contributed by atoms with Crippen LogP contribution in [-0.4, -0.2) is 10.9 Å². The lowest BCUT2D eigenvalue weighted by Crippen LogP contribution is -2.04. The van der Waals surface area contributed by atoms with Crippen molar-refractivity contribution < 1.29 is 14.5 Å². The normalized spacial score (nSPS) is 9.65. The third kappa shape index (κ3) is 4.15. The van der Waals surface area contributed by atoms with Crippen LogP contribution in [0.3, 0.4) is 0 Å². The minimum atomic E-state index is -0.637. The van der Waals surface area contributed by atoms with Gasteiger partial charge < -0.3 is 4.74 Å². The van der Waals surface area contributed by atoms with E-state index < -0.39 is 10.9 Å². The highest BCUT2D eigenvalue weighted by Gasteiger charge is 2.04. The second kappa shape index (κ2) is 6.05. The summed E-state index contributed by atoms with van der Waals surface area (Å²) >= 11 is 0. The van der Waals surface area contributed by atoms with Gasteiger partial charge in [-0.1, -0.05) is 24.8 Å². The van der Waals surface area contributed by atoms with E-state index in [1.165, 1.54) is 12.1 Å². The number of hydrogen-bond acceptors (Lipinski definition) is 4. The average molecular weight is 231 g/mol. The highest BCUT2D eigenvalue weighted by molar-refractivity contribution is 5.84. The summed E-state index contributed by atoms with van der Waals surface area (Å²) in [7, 11) is 0. The zero-order valence-corrected chi connectivity index (χ0v) is 8.83. The molecule has 0 aliphatic rings. The lowest BCUT2D eigenvalue weighted by atomic mass is 10.2. The molecule has 0 radical (unpaired) electrons. The summed E-state index contributed by atoms with van der Waals surface area (Å²) in [5, 5.41) is 10.2. The fourth-order valence-corrected chi connectivity index (χ4v) is 1.07. The van der Waals surface area contributed by atoms with Gasteiger partial charge in [0.05, 0.1) is 11.0 Å². The van der Waals surface area contributed by atoms with Crippen LogP contribution in [0.25, 0.3) is 6.08 Å². The van der Waals surface area contributed by atoms with Crippen LogP contribution in [-0.2, 0) is 4.79 Å². The summed E-state index contributed by atoms with van der Waals surface area (Å²) in [4.78, 5) is 20.8. The van der Waals surface area contributed by atoms with E-state index in [0.29, 0.717) is 5.56 Å². The third-order valence-electron chi connectivity index (χ3n) is 1.73. The number of ether oxygens (including phenoxy) is 1. The van der Waals surface area contributed by atoms with E-state index in [9.17, 15) is 14.9 Å². The Bertz CT molecular complexity index is 513. The number of benzene rings is 1. The van der Waals surface area contributed by atoms with Gasteiger partial charge in [-0.25, -0.2) is 4.79 Å². The van der Waals surface area contributed by atoms with E-state index in [4.69, 9.17) is 4.74 Å². The molecule has 1 aromatic rings. The van der Waals surface area contributed by atoms with Crippen LogP contribution >= 0.6 is 0 Å². The Morgan fingerprint density at radius 3 is 2.82 bits per heavy atom. The lowest BCUT2D eigenvalue weighted by molar-refractivity contribution is -0.400. The molecule has 5 heteroatoms. The highest BCUT2D eigenvalue weighted by atomic mass is 16.6. The summed E-state index contributed by atoms with van der Waals surface area (Å²) in [6.45, 7) is 3.24. The molecule has 1 rings (SSSR count). The topological polar surface area (TPSA) is 69.4 Å². The summed E-state index contributed by atoms with van der Waals surface area (Å²) in [5.74, 6) is -0.399. The largest absolute Gasteiger partial charge is 0.422 e. The Balaban J connectivity index is 2.95. The van der Waals surface area contributed by atoms with Crippen molar-refractivity contribution in [3.63, 3.8) is 0 Å². The van der Waals surface area contributed by atoms with Crippen molar-refractivity contribution in [3.05, 3.63) is 64.5 Å². The van der Waals surface area contributed by atoms with Crippen LogP contribution in [0.5, 0.6) is 5.75 Å². The van der Waals surface area contributed by atoms with Crippen molar-refractivity contribution >= 4 is 12.0 Å². The molecule has 0 N–H and O–H groups in total. The van der Waals surface area contributed by atoms with E-state index in [-0.39, 0.29) is 5.75 Å². The monoisotopic (exact) mass is 231 g/mol. The molecule has 86 valence electrons. The van der Waals surface area contributed by atoms with E-state index in [0.717, 1.165) is 12.3 Å². The van der Waals surface area contributed by atoms with Crippen LogP contribution in [0.2, 0.25) is 0 Å². The zero-order chi connectivity index (χ0) is 12.7. The van der Waals surface area contributed by atoms with Crippen molar-refractivity contribution in [1.82, 2.24) is 0 Å². The van der Waals surface area contributed by atoms with Crippen molar-refractivity contribution in [3.8, 4) is 5.75 Å². The van der Waals surface area contributed by atoms with Crippen molar-refractivity contribution in [2.75, 3.05) is 0 Å². The first-order valence-electron chi connectivity index (χ1n) is 4.62. The average Bonchev–Trinajstić information content (AvgIpc) is 2.28. The summed E-state index contributed by atoms with van der Waals surface area (Å²) in [5.41, 5.74) is 2.72. The second-order valence-electron chi connectivity index (χ2n) is 2.91. The molecule has 0 bridgehead atoms. The van der Waals surface area contributed by atoms with Gasteiger partial charge in [-0.05, 0) is 6.07 Å². The van der Waals surface area contributed by atoms with Gasteiger partial charge in [-0.3, -0.25) is 10.1 Å². The molecule has 0 heterocycles. The summed E-state index contributed by atoms with van der Waals surface area (Å²) < 4.78 is 4.95. The smallest absolute Gasteiger partial charge is 0.343 e. The third-order valence-corrected chi connectivity index (χ3v) is 1.73. The molecule has 0 aliphatic carbocycles. The van der Waals surface area contributed by atoms with E-state index in [1.807, 2.05) is 0 Å². The Morgan fingerprint density at radius 1 is 1.47 bits per heavy atom. The maximum Gasteiger partial charge on any atom is 0.343 e. The molecule has 0 spiro atoms. The molecule has 0 saturated carbocycles. The molecule has 0 aromatic heterocycles. The van der Waals surface area contributed by atoms with Gasteiger partial charge in [0.2, 0.25) is 6.20 Å². The van der Waals surface area contributed by atoms with E-state index in [1.54, 1.807) is 18.2 Å². The van der Waals surface area contributed by atoms with Gasteiger partial charge in [0.1, 0.15) is 5.75 Å². The number of carbonyl (C=O) groups excluding carboxylic acids is 1. The maximum absolute atomic E-state index is 11.2. The van der Waals surface area contributed by atoms with Crippen molar-refractivity contribution in [2.24, 2.45) is 0 Å². The van der Waals surface area contributed by atoms with Crippen LogP contribution < -0.4 is 4.74 Å². The lowest BCUT2D eigenvalue weighted by Gasteiger charge is -2.03. The number of esters is 1. The van der Waals surface area contributed by atoms with Crippen LogP contribution in [0.15, 0.2) is 48.9 Å². The van der Waals surface area contributed by atoms with Gasteiger partial charge in [-0.15, -0.1) is 5.73 Å². The molecule has 5 nitrogen and oxygen atoms in total. The fraction of sp³-hybridized carbons (Fsp3) is 0. The van der Waals surface area contributed by atoms with Crippen LogP contribution in [0.4, 0.5) is 0 Å². The summed E-state index contributed by atoms with van der Waals surface area (Å²) in [6.07, 6.45) is 3.06. The number of carbonyl (C=O) groups is 1. The first-order valence-corrected chi connectivity index (χ1v) is 4.62. The van der Waals surface area contributed by atoms with Gasteiger partial charge >= 0.3 is 5.97 Å². The molecular formula is C12H9NO4. The van der Waals surface area contributed by atoms with Crippen LogP contribution in [0.1, 0.15) is 5.56 Å². The Hall–Kier alpha value is -2.65. The Morgan fingerprint density at radius 2 is 2.18 bits per heavy atom. The molecule has 0 atom stereocenters. The van der Waals surface area contributed by atoms with Gasteiger partial charge in [0.25, 0.3) is 0 Å². The SMILES string of the molecule is C=C=CC(=O)Oc1ccccc1/C=C/[N+](=O)[O-]. The Kier molecular flexibility index (Phi) is 4.42. The summed E-state index contributed by atoms with van der Waals surface area (Å²) in [6, 6.07) is 6.47. The fourth-order valence-electron chi connectivity index (χ4n) is 1.07. The number of rotatable bonds is 4. The molecule has 0 amide bonds. The van der Waals surface area contributed by atoms with Crippen molar-refractivity contribution in [2.45, 2.75) is 0 Å². The van der Waals surface area contributed by atoms with Crippen LogP contribution in [0, 0.1) is 10.1 Å². The molecule has 0 aliphatic heterocycles. The number of hydrogen-bond donors (Lipinski definition) is 0. The quantitative estimate of drug-likeness (QED) is 0.199. The Labute approximate surface area is 97.5 Å². The molecule has 0 fully saturated rings. The first-order chi connectivity index (χ1) is 8.13. The molecular weight excluding hydrogens is 222 g/mol. The molecule has 17 heavy (non-hydrogen) atoms. The van der Waals surface area contributed by atoms with Gasteiger partial charge in [0, 0.05) is 11.6 Å². The number of nitro groups is 1. The van der Waals surface area contributed by atoms with Crippen molar-refractivity contribution in [1.29, 1.82) is 0 Å². The highest BCUT2D eigenvalue weighted by Crippen LogP contribution is 2.19. The molecule has 0 saturated heterocycles. The number of para-hydroxylation sites is 1. The van der Waals surface area contributed by atoms with Gasteiger partial charge in [0.15, 0.2) is 0 Å². The maximum atomic E-state index is 11.2. The standard InChI is InChI=1S/C12H9NO4/c1-2-5-12(14)17-11-7-4-3-6-10(11)8-9-13(15)16/h3-9H,1H2/b9-8+. The predicted molar refractivity (Wildman–Crippen MR) is 61.8 cm³/mol. The second-order valence-corrected chi connectivity index (χ2v) is 2.91. The molecule has 1 aromatic carbocycles. The predicted octanol–water partition coefficient (Wildman–Crippen LogP) is 2.18. The minimum Gasteiger partial charge on any atom is -0.422 e. The minimum absolute atomic E-state index is 0.238. The van der Waals surface area contributed by atoms with E-state index in [2.05, 4.69) is 12.3 Å². The zero-order valence-electron chi connectivity index (χ0n) is 8.83. The van der Waals surface area contributed by atoms with E-state index >= 15 is 0 Å².